The molecule has 1 aromatic heterocycles. The topological polar surface area (TPSA) is 63.8 Å². The monoisotopic (exact) mass is 266 g/mol. The molecule has 0 fully saturated rings. The molecule has 0 saturated carbocycles. The first kappa shape index (κ1) is 11.9. The predicted octanol–water partition coefficient (Wildman–Crippen LogP) is 2.13. The quantitative estimate of drug-likeness (QED) is 0.645. The van der Waals surface area contributed by atoms with Crippen LogP contribution in [0.25, 0.3) is 0 Å². The Hall–Kier alpha value is -1.94. The zero-order valence-electron chi connectivity index (χ0n) is 11.4. The van der Waals surface area contributed by atoms with Gasteiger partial charge in [0.25, 0.3) is 0 Å². The summed E-state index contributed by atoms with van der Waals surface area (Å²) in [4.78, 5) is 9.50. The minimum absolute atomic E-state index is 0.394. The average Bonchev–Trinajstić information content (AvgIpc) is 3.12. The van der Waals surface area contributed by atoms with Crippen molar-refractivity contribution < 1.29 is 0 Å². The van der Waals surface area contributed by atoms with E-state index in [1.54, 1.807) is 0 Å². The molecule has 4 heteroatoms. The molecule has 0 saturated heterocycles. The number of nitrogens with one attached hydrogen (secondary N) is 1. The summed E-state index contributed by atoms with van der Waals surface area (Å²) in [5.74, 6) is 7.81. The van der Waals surface area contributed by atoms with E-state index in [4.69, 9.17) is 10.8 Å². The van der Waals surface area contributed by atoms with Crippen LogP contribution in [0.15, 0.2) is 24.3 Å². The molecule has 0 aliphatic heterocycles. The lowest BCUT2D eigenvalue weighted by atomic mass is 10.1. The number of nitrogen functional groups attached to an aromatic ring is 1. The van der Waals surface area contributed by atoms with Crippen LogP contribution >= 0.6 is 0 Å². The molecule has 4 rings (SSSR count). The first-order valence-corrected chi connectivity index (χ1v) is 7.28. The highest BCUT2D eigenvalue weighted by molar-refractivity contribution is 5.48. The summed E-state index contributed by atoms with van der Waals surface area (Å²) in [5.41, 5.74) is 8.04. The fraction of sp³-hybridized carbons (Fsp3) is 0.375. The van der Waals surface area contributed by atoms with Crippen LogP contribution in [0.3, 0.4) is 0 Å². The molecule has 20 heavy (non-hydrogen) atoms. The molecule has 0 unspecified atom stereocenters. The highest BCUT2D eigenvalue weighted by Crippen LogP contribution is 2.34. The van der Waals surface area contributed by atoms with Gasteiger partial charge in [-0.25, -0.2) is 15.8 Å². The second-order valence-electron chi connectivity index (χ2n) is 5.73. The van der Waals surface area contributed by atoms with Crippen LogP contribution in [-0.4, -0.2) is 9.97 Å². The molecule has 1 aromatic carbocycles. The van der Waals surface area contributed by atoms with E-state index in [-0.39, 0.29) is 0 Å². The largest absolute Gasteiger partial charge is 0.308 e. The number of hydrazine groups is 1. The SMILES string of the molecule is NNc1nc(C2Cc3ccccc3C2)nc2c1CCC2. The van der Waals surface area contributed by atoms with Gasteiger partial charge in [-0.15, -0.1) is 0 Å². The fourth-order valence-corrected chi connectivity index (χ4v) is 3.49. The maximum atomic E-state index is 5.63. The molecule has 4 nitrogen and oxygen atoms in total. The Kier molecular flexibility index (Phi) is 2.70. The number of anilines is 1. The number of fused-ring (bicyclic) bond motifs is 2. The Morgan fingerprint density at radius 1 is 1.05 bits per heavy atom. The first-order valence-electron chi connectivity index (χ1n) is 7.28. The normalized spacial score (nSPS) is 17.1. The lowest BCUT2D eigenvalue weighted by Gasteiger charge is -2.13. The smallest absolute Gasteiger partial charge is 0.147 e. The minimum Gasteiger partial charge on any atom is -0.308 e. The number of nitrogens with two attached hydrogens (primary N) is 1. The van der Waals surface area contributed by atoms with Gasteiger partial charge < -0.3 is 5.43 Å². The van der Waals surface area contributed by atoms with E-state index in [2.05, 4.69) is 34.7 Å². The molecule has 0 spiro atoms. The highest BCUT2D eigenvalue weighted by atomic mass is 15.3. The van der Waals surface area contributed by atoms with Crippen LogP contribution in [0.2, 0.25) is 0 Å². The van der Waals surface area contributed by atoms with Gasteiger partial charge in [-0.05, 0) is 43.2 Å². The fourth-order valence-electron chi connectivity index (χ4n) is 3.49. The van der Waals surface area contributed by atoms with E-state index in [1.807, 2.05) is 0 Å². The molecule has 0 atom stereocenters. The molecule has 2 aromatic rings. The lowest BCUT2D eigenvalue weighted by molar-refractivity contribution is 0.676. The molecule has 0 radical (unpaired) electrons. The first-order chi connectivity index (χ1) is 9.85. The summed E-state index contributed by atoms with van der Waals surface area (Å²) in [6.45, 7) is 0. The molecular formula is C16H18N4. The molecule has 102 valence electrons. The molecule has 1 heterocycles. The summed E-state index contributed by atoms with van der Waals surface area (Å²) in [5, 5.41) is 0. The van der Waals surface area contributed by atoms with Crippen molar-refractivity contribution in [2.24, 2.45) is 5.84 Å². The van der Waals surface area contributed by atoms with Crippen molar-refractivity contribution in [2.45, 2.75) is 38.0 Å². The summed E-state index contributed by atoms with van der Waals surface area (Å²) in [6.07, 6.45) is 5.34. The van der Waals surface area contributed by atoms with Gasteiger partial charge in [-0.3, -0.25) is 0 Å². The average molecular weight is 266 g/mol. The number of nitrogens with zero attached hydrogens (tertiary/aromatic N) is 2. The van der Waals surface area contributed by atoms with Gasteiger partial charge in [0.1, 0.15) is 11.6 Å². The summed E-state index contributed by atoms with van der Waals surface area (Å²) in [6, 6.07) is 8.64. The maximum absolute atomic E-state index is 5.63. The second-order valence-corrected chi connectivity index (χ2v) is 5.73. The maximum Gasteiger partial charge on any atom is 0.147 e. The minimum atomic E-state index is 0.394. The van der Waals surface area contributed by atoms with E-state index in [0.29, 0.717) is 5.92 Å². The molecule has 0 bridgehead atoms. The van der Waals surface area contributed by atoms with E-state index in [1.165, 1.54) is 22.4 Å². The summed E-state index contributed by atoms with van der Waals surface area (Å²) >= 11 is 0. The van der Waals surface area contributed by atoms with E-state index < -0.39 is 0 Å². The van der Waals surface area contributed by atoms with Crippen molar-refractivity contribution in [3.8, 4) is 0 Å². The van der Waals surface area contributed by atoms with Crippen LogP contribution in [-0.2, 0) is 25.7 Å². The van der Waals surface area contributed by atoms with Crippen LogP contribution in [0.5, 0.6) is 0 Å². The van der Waals surface area contributed by atoms with Gasteiger partial charge in [0, 0.05) is 17.2 Å². The zero-order valence-corrected chi connectivity index (χ0v) is 11.4. The van der Waals surface area contributed by atoms with Gasteiger partial charge in [-0.2, -0.15) is 0 Å². The van der Waals surface area contributed by atoms with Crippen LogP contribution in [0, 0.1) is 0 Å². The number of rotatable bonds is 2. The molecular weight excluding hydrogens is 248 g/mol. The van der Waals surface area contributed by atoms with Crippen molar-refractivity contribution in [3.05, 3.63) is 52.5 Å². The number of aromatic nitrogens is 2. The molecule has 2 aliphatic rings. The molecule has 0 amide bonds. The van der Waals surface area contributed by atoms with E-state index in [0.717, 1.165) is 43.7 Å². The Morgan fingerprint density at radius 2 is 1.80 bits per heavy atom. The van der Waals surface area contributed by atoms with Gasteiger partial charge in [-0.1, -0.05) is 24.3 Å². The standard InChI is InChI=1S/C16H18N4/c17-20-16-13-6-3-7-14(13)18-15(19-16)12-8-10-4-1-2-5-11(10)9-12/h1-2,4-5,12H,3,6-9,17H2,(H,18,19,20). The number of benzene rings is 1. The summed E-state index contributed by atoms with van der Waals surface area (Å²) < 4.78 is 0. The van der Waals surface area contributed by atoms with E-state index in [9.17, 15) is 0 Å². The predicted molar refractivity (Wildman–Crippen MR) is 78.5 cm³/mol. The molecule has 3 N–H and O–H groups in total. The van der Waals surface area contributed by atoms with Crippen LogP contribution < -0.4 is 11.3 Å². The van der Waals surface area contributed by atoms with Crippen molar-refractivity contribution in [2.75, 3.05) is 5.43 Å². The highest BCUT2D eigenvalue weighted by Gasteiger charge is 2.27. The van der Waals surface area contributed by atoms with Gasteiger partial charge in [0.05, 0.1) is 0 Å². The Morgan fingerprint density at radius 3 is 2.50 bits per heavy atom. The third-order valence-electron chi connectivity index (χ3n) is 4.50. The lowest BCUT2D eigenvalue weighted by Crippen LogP contribution is -2.15. The third-order valence-corrected chi connectivity index (χ3v) is 4.50. The number of hydrogen-bond donors (Lipinski definition) is 2. The molecule has 2 aliphatic carbocycles. The van der Waals surface area contributed by atoms with Crippen molar-refractivity contribution >= 4 is 5.82 Å². The van der Waals surface area contributed by atoms with Crippen LogP contribution in [0.4, 0.5) is 5.82 Å². The Labute approximate surface area is 118 Å². The van der Waals surface area contributed by atoms with Gasteiger partial charge >= 0.3 is 0 Å². The van der Waals surface area contributed by atoms with Crippen molar-refractivity contribution in [1.82, 2.24) is 9.97 Å². The van der Waals surface area contributed by atoms with E-state index >= 15 is 0 Å². The summed E-state index contributed by atoms with van der Waals surface area (Å²) in [7, 11) is 0. The van der Waals surface area contributed by atoms with Crippen molar-refractivity contribution in [1.29, 1.82) is 0 Å². The van der Waals surface area contributed by atoms with Crippen molar-refractivity contribution in [3.63, 3.8) is 0 Å². The Bertz CT molecular complexity index is 641. The van der Waals surface area contributed by atoms with Crippen LogP contribution in [0.1, 0.15) is 40.5 Å². The number of hydrogen-bond acceptors (Lipinski definition) is 4. The Balaban J connectivity index is 1.71. The zero-order chi connectivity index (χ0) is 13.5. The van der Waals surface area contributed by atoms with Gasteiger partial charge in [0.15, 0.2) is 0 Å². The van der Waals surface area contributed by atoms with Gasteiger partial charge in [0.2, 0.25) is 0 Å². The number of aryl methyl sites for hydroxylation is 1. The third kappa shape index (κ3) is 1.79. The second kappa shape index (κ2) is 4.56.